The van der Waals surface area contributed by atoms with Crippen molar-refractivity contribution >= 4 is 45.9 Å². The number of carbonyl (C=O) groups excluding carboxylic acids is 3. The predicted molar refractivity (Wildman–Crippen MR) is 94.0 cm³/mol. The summed E-state index contributed by atoms with van der Waals surface area (Å²) in [6.45, 7) is 3.38. The molecule has 0 aromatic carbocycles. The molecular weight excluding hydrogens is 366 g/mol. The van der Waals surface area contributed by atoms with Crippen LogP contribution in [0, 0.1) is 13.8 Å². The van der Waals surface area contributed by atoms with E-state index in [0.29, 0.717) is 10.7 Å². The molecule has 3 N–H and O–H groups in total. The molecule has 11 heteroatoms. The Morgan fingerprint density at radius 2 is 2.00 bits per heavy atom. The molecule has 2 aromatic rings. The zero-order chi connectivity index (χ0) is 18.7. The van der Waals surface area contributed by atoms with Gasteiger partial charge in [0.2, 0.25) is 5.91 Å². The Kier molecular flexibility index (Phi) is 5.80. The second kappa shape index (κ2) is 7.66. The molecule has 0 saturated heterocycles. The van der Waals surface area contributed by atoms with Crippen molar-refractivity contribution in [3.05, 3.63) is 21.8 Å². The number of esters is 1. The number of aromatic nitrogens is 3. The molecule has 0 unspecified atom stereocenters. The van der Waals surface area contributed by atoms with Crippen LogP contribution in [0.1, 0.15) is 31.4 Å². The van der Waals surface area contributed by atoms with Gasteiger partial charge in [-0.2, -0.15) is 0 Å². The number of rotatable bonds is 6. The first-order chi connectivity index (χ1) is 11.8. The number of carbonyl (C=O) groups is 3. The molecule has 25 heavy (non-hydrogen) atoms. The fourth-order valence-electron chi connectivity index (χ4n) is 1.99. The summed E-state index contributed by atoms with van der Waals surface area (Å²) >= 11 is 2.15. The molecule has 0 fully saturated rings. The van der Waals surface area contributed by atoms with Gasteiger partial charge < -0.3 is 20.4 Å². The minimum atomic E-state index is -0.669. The van der Waals surface area contributed by atoms with Crippen molar-refractivity contribution in [1.82, 2.24) is 14.8 Å². The molecule has 0 saturated carbocycles. The molecule has 2 aromatic heterocycles. The van der Waals surface area contributed by atoms with Crippen molar-refractivity contribution in [2.45, 2.75) is 19.0 Å². The summed E-state index contributed by atoms with van der Waals surface area (Å²) in [7, 11) is 3.02. The van der Waals surface area contributed by atoms with Gasteiger partial charge in [-0.15, -0.1) is 21.5 Å². The average molecular weight is 383 g/mol. The molecule has 0 radical (unpaired) electrons. The van der Waals surface area contributed by atoms with E-state index < -0.39 is 11.9 Å². The lowest BCUT2D eigenvalue weighted by atomic mass is 10.1. The van der Waals surface area contributed by atoms with Crippen molar-refractivity contribution in [3.8, 4) is 0 Å². The van der Waals surface area contributed by atoms with Crippen LogP contribution < -0.4 is 11.1 Å². The smallest absolute Gasteiger partial charge is 0.341 e. The normalized spacial score (nSPS) is 10.6. The van der Waals surface area contributed by atoms with E-state index in [4.69, 9.17) is 10.5 Å². The first-order valence-electron chi connectivity index (χ1n) is 7.06. The van der Waals surface area contributed by atoms with Gasteiger partial charge in [-0.05, 0) is 19.4 Å². The maximum atomic E-state index is 12.2. The number of hydrogen-bond acceptors (Lipinski definition) is 8. The largest absolute Gasteiger partial charge is 0.465 e. The van der Waals surface area contributed by atoms with E-state index in [1.165, 1.54) is 18.9 Å². The van der Waals surface area contributed by atoms with E-state index in [-0.39, 0.29) is 27.1 Å². The topological polar surface area (TPSA) is 129 Å². The number of nitrogens with one attached hydrogen (secondary N) is 1. The Morgan fingerprint density at radius 3 is 2.52 bits per heavy atom. The van der Waals surface area contributed by atoms with Crippen LogP contribution in [0.5, 0.6) is 0 Å². The van der Waals surface area contributed by atoms with Gasteiger partial charge >= 0.3 is 5.97 Å². The number of thioether (sulfide) groups is 1. The van der Waals surface area contributed by atoms with Crippen LogP contribution in [0.3, 0.4) is 0 Å². The number of nitrogens with two attached hydrogens (primary N) is 1. The lowest BCUT2D eigenvalue weighted by molar-refractivity contribution is -0.113. The number of hydrogen-bond donors (Lipinski definition) is 2. The number of ether oxygens (including phenoxy) is 1. The maximum absolute atomic E-state index is 12.2. The third kappa shape index (κ3) is 3.99. The predicted octanol–water partition coefficient (Wildman–Crippen LogP) is 1.11. The molecule has 2 amide bonds. The van der Waals surface area contributed by atoms with E-state index in [2.05, 4.69) is 15.5 Å². The zero-order valence-corrected chi connectivity index (χ0v) is 15.7. The first kappa shape index (κ1) is 18.9. The third-order valence-corrected chi connectivity index (χ3v) is 5.64. The minimum absolute atomic E-state index is 0.0649. The molecule has 0 spiro atoms. The Hall–Kier alpha value is -2.40. The monoisotopic (exact) mass is 383 g/mol. The van der Waals surface area contributed by atoms with Crippen LogP contribution in [-0.4, -0.2) is 45.4 Å². The van der Waals surface area contributed by atoms with E-state index in [9.17, 15) is 14.4 Å². The Balaban J connectivity index is 2.17. The van der Waals surface area contributed by atoms with Gasteiger partial charge in [0.15, 0.2) is 5.16 Å². The van der Waals surface area contributed by atoms with E-state index in [1.807, 2.05) is 0 Å². The van der Waals surface area contributed by atoms with Crippen LogP contribution in [-0.2, 0) is 16.6 Å². The number of thiophene rings is 1. The van der Waals surface area contributed by atoms with Crippen molar-refractivity contribution in [1.29, 1.82) is 0 Å². The molecule has 0 aliphatic rings. The Morgan fingerprint density at radius 1 is 1.32 bits per heavy atom. The maximum Gasteiger partial charge on any atom is 0.341 e. The lowest BCUT2D eigenvalue weighted by Gasteiger charge is -2.06. The van der Waals surface area contributed by atoms with Crippen LogP contribution in [0.25, 0.3) is 0 Å². The first-order valence-corrected chi connectivity index (χ1v) is 8.86. The molecule has 2 heterocycles. The summed E-state index contributed by atoms with van der Waals surface area (Å²) in [5.74, 6) is -0.871. The van der Waals surface area contributed by atoms with Crippen LogP contribution in [0.4, 0.5) is 5.00 Å². The van der Waals surface area contributed by atoms with E-state index in [0.717, 1.165) is 17.2 Å². The number of aryl methyl sites for hydroxylation is 1. The number of methoxy groups -OCH3 is 1. The van der Waals surface area contributed by atoms with Gasteiger partial charge in [0.25, 0.3) is 5.91 Å². The highest BCUT2D eigenvalue weighted by Gasteiger charge is 2.25. The summed E-state index contributed by atoms with van der Waals surface area (Å²) in [5.41, 5.74) is 5.83. The lowest BCUT2D eigenvalue weighted by Crippen LogP contribution is -2.16. The molecule has 2 rings (SSSR count). The number of amides is 2. The van der Waals surface area contributed by atoms with Crippen LogP contribution in [0.15, 0.2) is 5.16 Å². The number of nitrogens with zero attached hydrogens (tertiary/aromatic N) is 3. The summed E-state index contributed by atoms with van der Waals surface area (Å²) in [6.07, 6.45) is 0. The van der Waals surface area contributed by atoms with Gasteiger partial charge in [-0.1, -0.05) is 11.8 Å². The van der Waals surface area contributed by atoms with Crippen molar-refractivity contribution < 1.29 is 19.1 Å². The highest BCUT2D eigenvalue weighted by Crippen LogP contribution is 2.33. The quantitative estimate of drug-likeness (QED) is 0.564. The van der Waals surface area contributed by atoms with Crippen molar-refractivity contribution in [3.63, 3.8) is 0 Å². The van der Waals surface area contributed by atoms with Crippen molar-refractivity contribution in [2.24, 2.45) is 12.8 Å². The van der Waals surface area contributed by atoms with E-state index >= 15 is 0 Å². The van der Waals surface area contributed by atoms with E-state index in [1.54, 1.807) is 25.5 Å². The molecule has 134 valence electrons. The van der Waals surface area contributed by atoms with Gasteiger partial charge in [0.05, 0.1) is 23.3 Å². The Bertz CT molecular complexity index is 843. The second-order valence-electron chi connectivity index (χ2n) is 5.04. The van der Waals surface area contributed by atoms with Gasteiger partial charge in [-0.3, -0.25) is 9.59 Å². The number of primary amides is 1. The fraction of sp³-hybridized carbons (Fsp3) is 0.357. The molecular formula is C14H17N5O4S2. The third-order valence-electron chi connectivity index (χ3n) is 3.40. The molecule has 0 bridgehead atoms. The zero-order valence-electron chi connectivity index (χ0n) is 14.1. The molecule has 0 aliphatic heterocycles. The highest BCUT2D eigenvalue weighted by atomic mass is 32.2. The van der Waals surface area contributed by atoms with Gasteiger partial charge in [-0.25, -0.2) is 4.79 Å². The standard InChI is InChI=1S/C14H17N5O4S2/c1-6-9(13(22)23-4)12(25-10(6)11(15)21)16-8(20)5-24-14-18-17-7(2)19(14)3/h5H2,1-4H3,(H2,15,21)(H,16,20). The summed E-state index contributed by atoms with van der Waals surface area (Å²) < 4.78 is 6.48. The average Bonchev–Trinajstić information content (AvgIpc) is 3.05. The summed E-state index contributed by atoms with van der Waals surface area (Å²) in [4.78, 5) is 35.8. The second-order valence-corrected chi connectivity index (χ2v) is 7.00. The molecule has 0 aliphatic carbocycles. The minimum Gasteiger partial charge on any atom is -0.465 e. The Labute approximate surface area is 151 Å². The molecule has 9 nitrogen and oxygen atoms in total. The highest BCUT2D eigenvalue weighted by molar-refractivity contribution is 7.99. The van der Waals surface area contributed by atoms with Crippen LogP contribution >= 0.6 is 23.1 Å². The van der Waals surface area contributed by atoms with Crippen LogP contribution in [0.2, 0.25) is 0 Å². The summed E-state index contributed by atoms with van der Waals surface area (Å²) in [6, 6.07) is 0. The van der Waals surface area contributed by atoms with Crippen molar-refractivity contribution in [2.75, 3.05) is 18.2 Å². The number of anilines is 1. The SMILES string of the molecule is COC(=O)c1c(NC(=O)CSc2nnc(C)n2C)sc(C(N)=O)c1C. The van der Waals surface area contributed by atoms with Gasteiger partial charge in [0, 0.05) is 7.05 Å². The van der Waals surface area contributed by atoms with Gasteiger partial charge in [0.1, 0.15) is 10.8 Å². The molecule has 0 atom stereocenters. The fourth-order valence-corrected chi connectivity index (χ4v) is 3.81. The summed E-state index contributed by atoms with van der Waals surface area (Å²) in [5, 5.41) is 11.3.